The number of rotatable bonds is 4. The number of hydrogen-bond donors (Lipinski definition) is 3. The Hall–Kier alpha value is -1.61. The van der Waals surface area contributed by atoms with E-state index >= 15 is 0 Å². The Labute approximate surface area is 96.8 Å². The summed E-state index contributed by atoms with van der Waals surface area (Å²) < 4.78 is 5.20. The minimum Gasteiger partial charge on any atom is -0.494 e. The zero-order valence-electron chi connectivity index (χ0n) is 9.24. The van der Waals surface area contributed by atoms with Gasteiger partial charge < -0.3 is 15.9 Å². The second-order valence-electron chi connectivity index (χ2n) is 3.04. The first-order valence-corrected chi connectivity index (χ1v) is 5.20. The van der Waals surface area contributed by atoms with Crippen LogP contribution in [-0.2, 0) is 0 Å². The Bertz CT molecular complexity index is 431. The molecule has 0 saturated heterocycles. The van der Waals surface area contributed by atoms with Crippen LogP contribution in [0.15, 0.2) is 17.2 Å². The van der Waals surface area contributed by atoms with Crippen LogP contribution in [0.25, 0.3) is 0 Å². The Morgan fingerprint density at radius 2 is 2.31 bits per heavy atom. The lowest BCUT2D eigenvalue weighted by Gasteiger charge is -2.11. The molecule has 16 heavy (non-hydrogen) atoms. The molecule has 0 amide bonds. The van der Waals surface area contributed by atoms with Crippen molar-refractivity contribution in [3.63, 3.8) is 0 Å². The van der Waals surface area contributed by atoms with E-state index in [9.17, 15) is 0 Å². The molecule has 1 aromatic carbocycles. The Kier molecular flexibility index (Phi) is 4.26. The van der Waals surface area contributed by atoms with Crippen molar-refractivity contribution in [1.82, 2.24) is 5.43 Å². The number of nitrogens with zero attached hydrogens (tertiary/aromatic N) is 1. The molecule has 86 valence electrons. The number of ether oxygens (including phenoxy) is 1. The lowest BCUT2D eigenvalue weighted by atomic mass is 10.1. The lowest BCUT2D eigenvalue weighted by Crippen LogP contribution is -2.11. The van der Waals surface area contributed by atoms with Gasteiger partial charge in [0.05, 0.1) is 24.7 Å². The monoisotopic (exact) mass is 238 g/mol. The number of anilines is 1. The van der Waals surface area contributed by atoms with E-state index in [0.29, 0.717) is 17.0 Å². The average molecular weight is 238 g/mol. The van der Waals surface area contributed by atoms with Crippen LogP contribution < -0.4 is 21.2 Å². The molecule has 4 N–H and O–H groups in total. The lowest BCUT2D eigenvalue weighted by molar-refractivity contribution is 0.416. The number of nitrogens with one attached hydrogen (secondary N) is 2. The normalized spacial score (nSPS) is 10.4. The zero-order valence-corrected chi connectivity index (χ0v) is 10.4. The van der Waals surface area contributed by atoms with E-state index in [2.05, 4.69) is 19.8 Å². The van der Waals surface area contributed by atoms with Gasteiger partial charge in [-0.1, -0.05) is 6.07 Å². The largest absolute Gasteiger partial charge is 0.494 e. The van der Waals surface area contributed by atoms with Crippen LogP contribution >= 0.6 is 9.24 Å². The minimum absolute atomic E-state index is 0.239. The summed E-state index contributed by atoms with van der Waals surface area (Å²) in [4.78, 5) is 0. The molecule has 0 saturated carbocycles. The van der Waals surface area contributed by atoms with Gasteiger partial charge in [0.25, 0.3) is 0 Å². The SMILES string of the molecule is CN/N=C\C(=N)c1ccc(P)c(N)c1OC. The zero-order chi connectivity index (χ0) is 12.1. The van der Waals surface area contributed by atoms with E-state index < -0.39 is 0 Å². The van der Waals surface area contributed by atoms with Crippen molar-refractivity contribution in [2.45, 2.75) is 0 Å². The fourth-order valence-corrected chi connectivity index (χ4v) is 1.47. The van der Waals surface area contributed by atoms with Crippen LogP contribution in [0.4, 0.5) is 5.69 Å². The summed E-state index contributed by atoms with van der Waals surface area (Å²) in [5.41, 5.74) is 9.82. The fraction of sp³-hybridized carbons (Fsp3) is 0.200. The molecule has 0 fully saturated rings. The predicted molar refractivity (Wildman–Crippen MR) is 71.1 cm³/mol. The maximum atomic E-state index is 7.81. The van der Waals surface area contributed by atoms with Crippen LogP contribution in [0.2, 0.25) is 0 Å². The smallest absolute Gasteiger partial charge is 0.151 e. The third-order valence-corrected chi connectivity index (χ3v) is 2.55. The standard InChI is InChI=1S/C10H15N4OP/c1-13-14-5-7(11)6-3-4-8(16)9(12)10(6)15-2/h3-5,11,13H,12,16H2,1-2H3/b11-7?,14-5-. The molecular formula is C10H15N4OP. The summed E-state index contributed by atoms with van der Waals surface area (Å²) >= 11 is 0. The van der Waals surface area contributed by atoms with Crippen molar-refractivity contribution >= 4 is 32.2 Å². The minimum atomic E-state index is 0.239. The van der Waals surface area contributed by atoms with Crippen molar-refractivity contribution in [3.8, 4) is 5.75 Å². The maximum absolute atomic E-state index is 7.81. The van der Waals surface area contributed by atoms with E-state index in [-0.39, 0.29) is 5.71 Å². The van der Waals surface area contributed by atoms with Gasteiger partial charge in [0.15, 0.2) is 5.75 Å². The number of benzene rings is 1. The summed E-state index contributed by atoms with van der Waals surface area (Å²) in [6, 6.07) is 3.60. The quantitative estimate of drug-likeness (QED) is 0.306. The Morgan fingerprint density at radius 1 is 1.62 bits per heavy atom. The molecule has 1 unspecified atom stereocenters. The second kappa shape index (κ2) is 5.47. The van der Waals surface area contributed by atoms with E-state index in [1.54, 1.807) is 13.1 Å². The Morgan fingerprint density at radius 3 is 2.88 bits per heavy atom. The number of nitrogens with two attached hydrogens (primary N) is 1. The molecule has 6 heteroatoms. The van der Waals surface area contributed by atoms with E-state index in [4.69, 9.17) is 15.9 Å². The molecule has 0 bridgehead atoms. The van der Waals surface area contributed by atoms with E-state index in [1.807, 2.05) is 6.07 Å². The van der Waals surface area contributed by atoms with Crippen LogP contribution in [0.1, 0.15) is 5.56 Å². The molecule has 1 aromatic rings. The van der Waals surface area contributed by atoms with Gasteiger partial charge in [-0.15, -0.1) is 9.24 Å². The second-order valence-corrected chi connectivity index (χ2v) is 3.67. The van der Waals surface area contributed by atoms with Gasteiger partial charge in [0.2, 0.25) is 0 Å². The number of hydrazone groups is 1. The molecule has 0 aromatic heterocycles. The molecule has 0 spiro atoms. The molecule has 0 aliphatic carbocycles. The molecular weight excluding hydrogens is 223 g/mol. The number of nitrogen functional groups attached to an aromatic ring is 1. The highest BCUT2D eigenvalue weighted by Crippen LogP contribution is 2.25. The summed E-state index contributed by atoms with van der Waals surface area (Å²) in [7, 11) is 5.72. The van der Waals surface area contributed by atoms with E-state index in [1.165, 1.54) is 13.3 Å². The first-order valence-electron chi connectivity index (χ1n) is 4.62. The first kappa shape index (κ1) is 12.5. The van der Waals surface area contributed by atoms with Crippen LogP contribution in [0, 0.1) is 5.41 Å². The van der Waals surface area contributed by atoms with Crippen molar-refractivity contribution in [1.29, 1.82) is 5.41 Å². The molecule has 0 aliphatic heterocycles. The van der Waals surface area contributed by atoms with Gasteiger partial charge in [0.1, 0.15) is 0 Å². The average Bonchev–Trinajstić information content (AvgIpc) is 2.29. The van der Waals surface area contributed by atoms with Crippen LogP contribution in [0.3, 0.4) is 0 Å². The maximum Gasteiger partial charge on any atom is 0.151 e. The highest BCUT2D eigenvalue weighted by Gasteiger charge is 2.12. The van der Waals surface area contributed by atoms with Crippen LogP contribution in [-0.4, -0.2) is 26.1 Å². The van der Waals surface area contributed by atoms with Gasteiger partial charge in [0, 0.05) is 12.6 Å². The van der Waals surface area contributed by atoms with Crippen LogP contribution in [0.5, 0.6) is 5.75 Å². The van der Waals surface area contributed by atoms with Crippen molar-refractivity contribution in [3.05, 3.63) is 17.7 Å². The summed E-state index contributed by atoms with van der Waals surface area (Å²) in [6.07, 6.45) is 1.40. The molecule has 1 atom stereocenters. The van der Waals surface area contributed by atoms with Crippen molar-refractivity contribution in [2.24, 2.45) is 5.10 Å². The molecule has 5 nitrogen and oxygen atoms in total. The molecule has 0 radical (unpaired) electrons. The third-order valence-electron chi connectivity index (χ3n) is 2.05. The van der Waals surface area contributed by atoms with Crippen molar-refractivity contribution < 1.29 is 4.74 Å². The molecule has 0 aliphatic rings. The van der Waals surface area contributed by atoms with Gasteiger partial charge >= 0.3 is 0 Å². The summed E-state index contributed by atoms with van der Waals surface area (Å²) in [5, 5.41) is 12.4. The highest BCUT2D eigenvalue weighted by molar-refractivity contribution is 7.28. The van der Waals surface area contributed by atoms with Gasteiger partial charge in [-0.05, 0) is 11.4 Å². The summed E-state index contributed by atoms with van der Waals surface area (Å²) in [5.74, 6) is 0.500. The Balaban J connectivity index is 3.19. The fourth-order valence-electron chi connectivity index (χ4n) is 1.25. The highest BCUT2D eigenvalue weighted by atomic mass is 31.0. The predicted octanol–water partition coefficient (Wildman–Crippen LogP) is 0.351. The van der Waals surface area contributed by atoms with E-state index in [0.717, 1.165) is 5.30 Å². The number of hydrogen-bond acceptors (Lipinski definition) is 5. The first-order chi connectivity index (χ1) is 7.61. The van der Waals surface area contributed by atoms with Gasteiger partial charge in [-0.2, -0.15) is 5.10 Å². The molecule has 0 heterocycles. The summed E-state index contributed by atoms with van der Waals surface area (Å²) in [6.45, 7) is 0. The number of methoxy groups -OCH3 is 1. The van der Waals surface area contributed by atoms with Gasteiger partial charge in [-0.25, -0.2) is 0 Å². The third kappa shape index (κ3) is 2.49. The topological polar surface area (TPSA) is 83.5 Å². The van der Waals surface area contributed by atoms with Gasteiger partial charge in [-0.3, -0.25) is 5.41 Å². The molecule has 1 rings (SSSR count). The van der Waals surface area contributed by atoms with Crippen molar-refractivity contribution in [2.75, 3.05) is 19.9 Å².